The molecule has 1 aliphatic rings. The van der Waals surface area contributed by atoms with Gasteiger partial charge < -0.3 is 15.5 Å². The lowest BCUT2D eigenvalue weighted by Gasteiger charge is -2.18. The van der Waals surface area contributed by atoms with Crippen LogP contribution in [0.3, 0.4) is 0 Å². The summed E-state index contributed by atoms with van der Waals surface area (Å²) in [6.07, 6.45) is 2.55. The van der Waals surface area contributed by atoms with Crippen molar-refractivity contribution in [3.8, 4) is 0 Å². The van der Waals surface area contributed by atoms with E-state index in [1.165, 1.54) is 24.1 Å². The number of carbonyl (C=O) groups excluding carboxylic acids is 1. The van der Waals surface area contributed by atoms with Gasteiger partial charge in [-0.3, -0.25) is 4.79 Å². The number of nitrogens with zero attached hydrogens (tertiary/aromatic N) is 1. The molecule has 0 saturated carbocycles. The van der Waals surface area contributed by atoms with E-state index in [4.69, 9.17) is 0 Å². The Hall–Kier alpha value is -2.49. The first kappa shape index (κ1) is 17.3. The molecule has 2 N–H and O–H groups in total. The predicted octanol–water partition coefficient (Wildman–Crippen LogP) is 4.46. The van der Waals surface area contributed by atoms with Crippen LogP contribution in [-0.4, -0.2) is 25.5 Å². The van der Waals surface area contributed by atoms with Crippen molar-refractivity contribution in [3.63, 3.8) is 0 Å². The lowest BCUT2D eigenvalue weighted by Crippen LogP contribution is -2.22. The molecule has 1 heterocycles. The van der Waals surface area contributed by atoms with Crippen LogP contribution in [0.4, 0.5) is 17.1 Å². The zero-order chi connectivity index (χ0) is 17.6. The molecule has 1 aliphatic heterocycles. The SMILES string of the molecule is CC(C)c1ccc(NC(=O)CNc2ccc(N3CCCC3)cc2)cc1. The Labute approximate surface area is 150 Å². The maximum Gasteiger partial charge on any atom is 0.243 e. The second kappa shape index (κ2) is 8.06. The van der Waals surface area contributed by atoms with Crippen molar-refractivity contribution >= 4 is 23.0 Å². The van der Waals surface area contributed by atoms with Crippen molar-refractivity contribution in [1.29, 1.82) is 0 Å². The molecule has 0 aliphatic carbocycles. The van der Waals surface area contributed by atoms with Crippen molar-refractivity contribution in [3.05, 3.63) is 54.1 Å². The van der Waals surface area contributed by atoms with Crippen LogP contribution in [0.1, 0.15) is 38.2 Å². The monoisotopic (exact) mass is 337 g/mol. The third-order valence-corrected chi connectivity index (χ3v) is 4.65. The Kier molecular flexibility index (Phi) is 5.59. The third-order valence-electron chi connectivity index (χ3n) is 4.65. The van der Waals surface area contributed by atoms with Crippen LogP contribution < -0.4 is 15.5 Å². The van der Waals surface area contributed by atoms with Gasteiger partial charge in [-0.25, -0.2) is 0 Å². The summed E-state index contributed by atoms with van der Waals surface area (Å²) in [5.41, 5.74) is 4.33. The summed E-state index contributed by atoms with van der Waals surface area (Å²) in [5, 5.41) is 6.11. The number of anilines is 3. The van der Waals surface area contributed by atoms with Gasteiger partial charge in [0, 0.05) is 30.2 Å². The lowest BCUT2D eigenvalue weighted by molar-refractivity contribution is -0.114. The van der Waals surface area contributed by atoms with Crippen LogP contribution in [0.25, 0.3) is 0 Å². The summed E-state index contributed by atoms with van der Waals surface area (Å²) in [7, 11) is 0. The van der Waals surface area contributed by atoms with Crippen molar-refractivity contribution in [2.75, 3.05) is 35.2 Å². The number of rotatable bonds is 6. The van der Waals surface area contributed by atoms with Crippen LogP contribution in [0.15, 0.2) is 48.5 Å². The zero-order valence-electron chi connectivity index (χ0n) is 15.1. The number of amides is 1. The highest BCUT2D eigenvalue weighted by molar-refractivity contribution is 5.93. The number of carbonyl (C=O) groups is 1. The maximum absolute atomic E-state index is 12.1. The first-order valence-electron chi connectivity index (χ1n) is 9.10. The van der Waals surface area contributed by atoms with Gasteiger partial charge in [-0.05, 0) is 60.7 Å². The number of benzene rings is 2. The van der Waals surface area contributed by atoms with Gasteiger partial charge in [0.25, 0.3) is 0 Å². The molecule has 0 aromatic heterocycles. The van der Waals surface area contributed by atoms with Gasteiger partial charge in [-0.15, -0.1) is 0 Å². The average molecular weight is 337 g/mol. The molecule has 4 nitrogen and oxygen atoms in total. The fraction of sp³-hybridized carbons (Fsp3) is 0.381. The lowest BCUT2D eigenvalue weighted by atomic mass is 10.0. The molecule has 2 aromatic carbocycles. The largest absolute Gasteiger partial charge is 0.376 e. The van der Waals surface area contributed by atoms with Crippen molar-refractivity contribution < 1.29 is 4.79 Å². The molecule has 0 unspecified atom stereocenters. The first-order valence-corrected chi connectivity index (χ1v) is 9.10. The van der Waals surface area contributed by atoms with Gasteiger partial charge in [-0.2, -0.15) is 0 Å². The van der Waals surface area contributed by atoms with Gasteiger partial charge >= 0.3 is 0 Å². The maximum atomic E-state index is 12.1. The molecule has 132 valence electrons. The van der Waals surface area contributed by atoms with E-state index in [0.717, 1.165) is 24.5 Å². The van der Waals surface area contributed by atoms with E-state index in [2.05, 4.69) is 53.6 Å². The highest BCUT2D eigenvalue weighted by Crippen LogP contribution is 2.22. The van der Waals surface area contributed by atoms with Gasteiger partial charge in [-0.1, -0.05) is 26.0 Å². The Morgan fingerprint density at radius 3 is 2.16 bits per heavy atom. The fourth-order valence-electron chi connectivity index (χ4n) is 3.10. The minimum Gasteiger partial charge on any atom is -0.376 e. The molecule has 3 rings (SSSR count). The summed E-state index contributed by atoms with van der Waals surface area (Å²) in [6.45, 7) is 6.86. The number of hydrogen-bond acceptors (Lipinski definition) is 3. The van der Waals surface area contributed by atoms with E-state index < -0.39 is 0 Å². The molecule has 2 aromatic rings. The minimum atomic E-state index is -0.0408. The van der Waals surface area contributed by atoms with Crippen LogP contribution >= 0.6 is 0 Å². The van der Waals surface area contributed by atoms with E-state index >= 15 is 0 Å². The molecule has 0 bridgehead atoms. The molecule has 1 fully saturated rings. The minimum absolute atomic E-state index is 0.0408. The van der Waals surface area contributed by atoms with E-state index in [0.29, 0.717) is 5.92 Å². The standard InChI is InChI=1S/C21H27N3O/c1-16(2)17-5-7-19(8-6-17)23-21(25)15-22-18-9-11-20(12-10-18)24-13-3-4-14-24/h5-12,16,22H,3-4,13-15H2,1-2H3,(H,23,25). The summed E-state index contributed by atoms with van der Waals surface area (Å²) < 4.78 is 0. The number of hydrogen-bond donors (Lipinski definition) is 2. The summed E-state index contributed by atoms with van der Waals surface area (Å²) >= 11 is 0. The van der Waals surface area contributed by atoms with Crippen LogP contribution in [0.5, 0.6) is 0 Å². The summed E-state index contributed by atoms with van der Waals surface area (Å²) in [6, 6.07) is 16.4. The third kappa shape index (κ3) is 4.75. The molecule has 4 heteroatoms. The van der Waals surface area contributed by atoms with Crippen molar-refractivity contribution in [1.82, 2.24) is 0 Å². The van der Waals surface area contributed by atoms with Gasteiger partial charge in [0.15, 0.2) is 0 Å². The second-order valence-electron chi connectivity index (χ2n) is 6.92. The van der Waals surface area contributed by atoms with E-state index in [-0.39, 0.29) is 12.5 Å². The molecule has 1 saturated heterocycles. The topological polar surface area (TPSA) is 44.4 Å². The molecule has 0 atom stereocenters. The molecule has 0 spiro atoms. The van der Waals surface area contributed by atoms with E-state index in [1.54, 1.807) is 0 Å². The van der Waals surface area contributed by atoms with Gasteiger partial charge in [0.2, 0.25) is 5.91 Å². The van der Waals surface area contributed by atoms with Gasteiger partial charge in [0.05, 0.1) is 6.54 Å². The predicted molar refractivity (Wildman–Crippen MR) is 106 cm³/mol. The van der Waals surface area contributed by atoms with Crippen LogP contribution in [0, 0.1) is 0 Å². The molecular formula is C21H27N3O. The highest BCUT2D eigenvalue weighted by Gasteiger charge is 2.11. The Morgan fingerprint density at radius 2 is 1.56 bits per heavy atom. The van der Waals surface area contributed by atoms with Crippen LogP contribution in [0.2, 0.25) is 0 Å². The highest BCUT2D eigenvalue weighted by atomic mass is 16.1. The molecule has 25 heavy (non-hydrogen) atoms. The van der Waals surface area contributed by atoms with E-state index in [1.807, 2.05) is 24.3 Å². The fourth-order valence-corrected chi connectivity index (χ4v) is 3.10. The second-order valence-corrected chi connectivity index (χ2v) is 6.92. The van der Waals surface area contributed by atoms with Crippen molar-refractivity contribution in [2.45, 2.75) is 32.6 Å². The quantitative estimate of drug-likeness (QED) is 0.818. The molecule has 0 radical (unpaired) electrons. The molecular weight excluding hydrogens is 310 g/mol. The average Bonchev–Trinajstić information content (AvgIpc) is 3.15. The van der Waals surface area contributed by atoms with Crippen molar-refractivity contribution in [2.24, 2.45) is 0 Å². The Morgan fingerprint density at radius 1 is 0.960 bits per heavy atom. The Bertz CT molecular complexity index is 686. The molecule has 1 amide bonds. The summed E-state index contributed by atoms with van der Waals surface area (Å²) in [4.78, 5) is 14.5. The zero-order valence-corrected chi connectivity index (χ0v) is 15.1. The summed E-state index contributed by atoms with van der Waals surface area (Å²) in [5.74, 6) is 0.455. The van der Waals surface area contributed by atoms with Crippen LogP contribution in [-0.2, 0) is 4.79 Å². The first-order chi connectivity index (χ1) is 12.1. The van der Waals surface area contributed by atoms with E-state index in [9.17, 15) is 4.79 Å². The number of nitrogens with one attached hydrogen (secondary N) is 2. The smallest absolute Gasteiger partial charge is 0.243 e. The normalized spacial score (nSPS) is 14.0. The Balaban J connectivity index is 1.48. The van der Waals surface area contributed by atoms with Gasteiger partial charge in [0.1, 0.15) is 0 Å².